The number of hydrogen-bond acceptors (Lipinski definition) is 0. The van der Waals surface area contributed by atoms with Crippen molar-refractivity contribution in [2.24, 2.45) is 0 Å². The van der Waals surface area contributed by atoms with E-state index in [1.54, 1.807) is 0 Å². The number of halogens is 3. The summed E-state index contributed by atoms with van der Waals surface area (Å²) in [6.45, 7) is 4.00. The van der Waals surface area contributed by atoms with Gasteiger partial charge in [0.1, 0.15) is 0 Å². The molecular weight excluding hydrogens is 456 g/mol. The van der Waals surface area contributed by atoms with E-state index in [1.807, 2.05) is 13.8 Å². The van der Waals surface area contributed by atoms with Crippen LogP contribution in [0.15, 0.2) is 0 Å². The third-order valence-electron chi connectivity index (χ3n) is 0. The molecule has 0 saturated carbocycles. The van der Waals surface area contributed by atoms with Gasteiger partial charge in [0.2, 0.25) is 0 Å². The molecule has 0 aliphatic heterocycles. The normalized spacial score (nSPS) is 7.00. The molecule has 0 nitrogen and oxygen atoms in total. The summed E-state index contributed by atoms with van der Waals surface area (Å²) in [5, 5.41) is 0. The summed E-state index contributed by atoms with van der Waals surface area (Å²) in [5.74, 6) is 0. The minimum atomic E-state index is -0.278. The third-order valence-corrected chi connectivity index (χ3v) is 0. The quantitative estimate of drug-likeness (QED) is 0.483. The molecule has 0 saturated heterocycles. The van der Waals surface area contributed by atoms with Gasteiger partial charge in [0.15, 0.2) is 0 Å². The standard InChI is InChI=1S/C2H6.3HI.V/c1-2;;;;/h1-2H3;3*1H;/q;;;;+3/p-3. The molecule has 4 heteroatoms. The Balaban J connectivity index is 0. The summed E-state index contributed by atoms with van der Waals surface area (Å²) in [5.41, 5.74) is 0. The van der Waals surface area contributed by atoms with E-state index in [0.29, 0.717) is 0 Å². The number of hydrogen-bond donors (Lipinski definition) is 0. The fourth-order valence-corrected chi connectivity index (χ4v) is 0. The Bertz CT molecular complexity index is 13.5. The molecule has 0 N–H and O–H groups in total. The van der Waals surface area contributed by atoms with Crippen LogP contribution in [0.3, 0.4) is 0 Å². The third kappa shape index (κ3) is 29.3. The van der Waals surface area contributed by atoms with E-state index in [4.69, 9.17) is 0 Å². The van der Waals surface area contributed by atoms with Crippen LogP contribution in [-0.2, 0) is 4.92 Å². The van der Waals surface area contributed by atoms with Crippen LogP contribution in [0.25, 0.3) is 0 Å². The second kappa shape index (κ2) is 10.7. The molecule has 6 heavy (non-hydrogen) atoms. The van der Waals surface area contributed by atoms with Gasteiger partial charge in [0.05, 0.1) is 0 Å². The van der Waals surface area contributed by atoms with Crippen LogP contribution in [0.2, 0.25) is 0 Å². The zero-order valence-electron chi connectivity index (χ0n) is 3.58. The van der Waals surface area contributed by atoms with Gasteiger partial charge in [-0.05, 0) is 0 Å². The van der Waals surface area contributed by atoms with E-state index in [2.05, 4.69) is 59.9 Å². The molecule has 0 radical (unpaired) electrons. The molecule has 0 aromatic rings. The molecule has 0 unspecified atom stereocenters. The molecule has 0 aliphatic carbocycles. The summed E-state index contributed by atoms with van der Waals surface area (Å²) < 4.78 is 0. The van der Waals surface area contributed by atoms with E-state index in [9.17, 15) is 0 Å². The first kappa shape index (κ1) is 11.6. The zero-order valence-corrected chi connectivity index (χ0v) is 11.5. The predicted molar refractivity (Wildman–Crippen MR) is 53.4 cm³/mol. The van der Waals surface area contributed by atoms with Gasteiger partial charge in [-0.25, -0.2) is 0 Å². The van der Waals surface area contributed by atoms with Crippen molar-refractivity contribution in [2.45, 2.75) is 13.8 Å². The van der Waals surface area contributed by atoms with Crippen LogP contribution in [0.1, 0.15) is 13.8 Å². The van der Waals surface area contributed by atoms with Crippen molar-refractivity contribution in [1.82, 2.24) is 0 Å². The molecule has 0 aromatic carbocycles. The van der Waals surface area contributed by atoms with E-state index in [1.165, 1.54) is 0 Å². The molecule has 0 fully saturated rings. The molecule has 40 valence electrons. The van der Waals surface area contributed by atoms with Gasteiger partial charge in [-0.1, -0.05) is 13.8 Å². The topological polar surface area (TPSA) is 0 Å². The van der Waals surface area contributed by atoms with Crippen LogP contribution >= 0.6 is 59.9 Å². The van der Waals surface area contributed by atoms with Crippen molar-refractivity contribution in [3.05, 3.63) is 0 Å². The van der Waals surface area contributed by atoms with Crippen LogP contribution in [0.4, 0.5) is 0 Å². The fraction of sp³-hybridized carbons (Fsp3) is 1.00. The van der Waals surface area contributed by atoms with E-state index in [0.717, 1.165) is 0 Å². The molecular formula is C2H6I3V. The first-order chi connectivity index (χ1) is 2.73. The summed E-state index contributed by atoms with van der Waals surface area (Å²) in [6.07, 6.45) is 0. The van der Waals surface area contributed by atoms with E-state index < -0.39 is 0 Å². The molecule has 0 aromatic heterocycles. The average Bonchev–Trinajstić information content (AvgIpc) is 1.41. The van der Waals surface area contributed by atoms with Crippen LogP contribution in [0.5, 0.6) is 0 Å². The van der Waals surface area contributed by atoms with Crippen LogP contribution in [0, 0.1) is 0 Å². The van der Waals surface area contributed by atoms with Gasteiger partial charge < -0.3 is 0 Å². The molecule has 0 rings (SSSR count). The van der Waals surface area contributed by atoms with E-state index >= 15 is 0 Å². The Morgan fingerprint density at radius 1 is 1.00 bits per heavy atom. The van der Waals surface area contributed by atoms with Gasteiger partial charge in [-0.2, -0.15) is 0 Å². The zero-order chi connectivity index (χ0) is 5.58. The van der Waals surface area contributed by atoms with Crippen molar-refractivity contribution < 1.29 is 4.92 Å². The first-order valence-corrected chi connectivity index (χ1v) is 15.0. The maximum atomic E-state index is 2.46. The van der Waals surface area contributed by atoms with Crippen molar-refractivity contribution in [3.63, 3.8) is 0 Å². The molecule has 0 amide bonds. The van der Waals surface area contributed by atoms with Crippen molar-refractivity contribution in [2.75, 3.05) is 0 Å². The summed E-state index contributed by atoms with van der Waals surface area (Å²) >= 11 is 7.39. The molecule has 0 aliphatic rings. The van der Waals surface area contributed by atoms with Gasteiger partial charge in [0, 0.05) is 0 Å². The van der Waals surface area contributed by atoms with Gasteiger partial charge in [-0.15, -0.1) is 0 Å². The molecule has 0 heterocycles. The predicted octanol–water partition coefficient (Wildman–Crippen LogP) is 3.68. The van der Waals surface area contributed by atoms with Crippen LogP contribution in [-0.4, -0.2) is 0 Å². The molecule has 0 spiro atoms. The van der Waals surface area contributed by atoms with Crippen molar-refractivity contribution in [3.8, 4) is 0 Å². The number of rotatable bonds is 0. The summed E-state index contributed by atoms with van der Waals surface area (Å²) in [7, 11) is 0. The van der Waals surface area contributed by atoms with Crippen LogP contribution < -0.4 is 0 Å². The Kier molecular flexibility index (Phi) is 20.6. The van der Waals surface area contributed by atoms with E-state index in [-0.39, 0.29) is 4.92 Å². The van der Waals surface area contributed by atoms with Crippen molar-refractivity contribution >= 4 is 59.9 Å². The Hall–Kier alpha value is 2.77. The van der Waals surface area contributed by atoms with Gasteiger partial charge in [-0.3, -0.25) is 0 Å². The SMILES string of the molecule is CC.[I][V]([I])[I]. The molecule has 0 bridgehead atoms. The van der Waals surface area contributed by atoms with Gasteiger partial charge in [0.25, 0.3) is 0 Å². The average molecular weight is 462 g/mol. The fourth-order valence-electron chi connectivity index (χ4n) is 0. The summed E-state index contributed by atoms with van der Waals surface area (Å²) in [4.78, 5) is -0.278. The first-order valence-electron chi connectivity index (χ1n) is 1.51. The monoisotopic (exact) mass is 462 g/mol. The van der Waals surface area contributed by atoms with Crippen molar-refractivity contribution in [1.29, 1.82) is 0 Å². The second-order valence-electron chi connectivity index (χ2n) is 0.192. The molecule has 0 atom stereocenters. The second-order valence-corrected chi connectivity index (χ2v) is 35.6. The summed E-state index contributed by atoms with van der Waals surface area (Å²) in [6, 6.07) is 0. The Morgan fingerprint density at radius 2 is 1.00 bits per heavy atom. The maximum absolute atomic E-state index is 2.46. The van der Waals surface area contributed by atoms with Gasteiger partial charge >= 0.3 is 64.9 Å². The minimum absolute atomic E-state index is 0.278. The Morgan fingerprint density at radius 3 is 1.00 bits per heavy atom. The Labute approximate surface area is 76.9 Å².